The highest BCUT2D eigenvalue weighted by molar-refractivity contribution is 7.89. The van der Waals surface area contributed by atoms with Crippen molar-refractivity contribution in [2.45, 2.75) is 70.1 Å². The monoisotopic (exact) mass is 313 g/mol. The van der Waals surface area contributed by atoms with E-state index in [1.54, 1.807) is 7.05 Å². The third-order valence-corrected chi connectivity index (χ3v) is 5.94. The molecule has 0 saturated heterocycles. The van der Waals surface area contributed by atoms with Gasteiger partial charge in [-0.1, -0.05) is 13.8 Å². The summed E-state index contributed by atoms with van der Waals surface area (Å²) in [6, 6.07) is 2.63. The van der Waals surface area contributed by atoms with Crippen LogP contribution in [0.15, 0.2) is 17.2 Å². The Morgan fingerprint density at radius 3 is 2.43 bits per heavy atom. The number of nitrogens with one attached hydrogen (secondary N) is 1. The second-order valence-corrected chi connectivity index (χ2v) is 8.45. The first-order valence-corrected chi connectivity index (χ1v) is 9.09. The highest BCUT2D eigenvalue weighted by Gasteiger charge is 2.30. The summed E-state index contributed by atoms with van der Waals surface area (Å²) in [5.41, 5.74) is 1.06. The Bertz CT molecular complexity index is 586. The quantitative estimate of drug-likeness (QED) is 0.840. The Morgan fingerprint density at radius 1 is 1.33 bits per heavy atom. The smallest absolute Gasteiger partial charge is 0.244 e. The van der Waals surface area contributed by atoms with Crippen molar-refractivity contribution in [3.05, 3.63) is 18.0 Å². The Labute approximate surface area is 128 Å². The second kappa shape index (κ2) is 6.10. The van der Waals surface area contributed by atoms with E-state index in [-0.39, 0.29) is 6.04 Å². The molecular weight excluding hydrogens is 286 g/mol. The van der Waals surface area contributed by atoms with Crippen LogP contribution in [0, 0.1) is 0 Å². The molecule has 1 saturated carbocycles. The van der Waals surface area contributed by atoms with Gasteiger partial charge in [-0.15, -0.1) is 0 Å². The number of aromatic nitrogens is 1. The van der Waals surface area contributed by atoms with Crippen LogP contribution in [0.2, 0.25) is 0 Å². The van der Waals surface area contributed by atoms with Gasteiger partial charge in [0.2, 0.25) is 10.0 Å². The van der Waals surface area contributed by atoms with Gasteiger partial charge in [0.05, 0.1) is 0 Å². The standard InChI is InChI=1S/C15H27N3O2S/c1-11(2)16-9-14-8-15(10-18(14)13-6-7-13)21(19,20)17(5)12(3)4/h8,10-13,16H,6-7,9H2,1-5H3. The summed E-state index contributed by atoms with van der Waals surface area (Å²) in [7, 11) is -1.76. The molecule has 0 unspecified atom stereocenters. The summed E-state index contributed by atoms with van der Waals surface area (Å²) in [5.74, 6) is 0. The van der Waals surface area contributed by atoms with Crippen molar-refractivity contribution in [1.29, 1.82) is 0 Å². The van der Waals surface area contributed by atoms with Crippen LogP contribution in [0.3, 0.4) is 0 Å². The van der Waals surface area contributed by atoms with Gasteiger partial charge < -0.3 is 9.88 Å². The fourth-order valence-electron chi connectivity index (χ4n) is 2.22. The Kier molecular flexibility index (Phi) is 4.80. The number of hydrogen-bond acceptors (Lipinski definition) is 3. The predicted octanol–water partition coefficient (Wildman–Crippen LogP) is 2.35. The van der Waals surface area contributed by atoms with E-state index >= 15 is 0 Å². The minimum atomic E-state index is -3.40. The van der Waals surface area contributed by atoms with Gasteiger partial charge in [0, 0.05) is 43.6 Å². The van der Waals surface area contributed by atoms with E-state index in [1.165, 1.54) is 4.31 Å². The first-order valence-electron chi connectivity index (χ1n) is 7.65. The van der Waals surface area contributed by atoms with Gasteiger partial charge in [-0.25, -0.2) is 8.42 Å². The fourth-order valence-corrected chi connectivity index (χ4v) is 3.64. The molecule has 1 aliphatic rings. The van der Waals surface area contributed by atoms with E-state index < -0.39 is 10.0 Å². The minimum absolute atomic E-state index is 0.0449. The van der Waals surface area contributed by atoms with Crippen molar-refractivity contribution in [2.75, 3.05) is 7.05 Å². The van der Waals surface area contributed by atoms with Crippen LogP contribution in [-0.2, 0) is 16.6 Å². The van der Waals surface area contributed by atoms with E-state index in [2.05, 4.69) is 23.7 Å². The number of hydrogen-bond donors (Lipinski definition) is 1. The summed E-state index contributed by atoms with van der Waals surface area (Å²) in [4.78, 5) is 0.408. The molecule has 0 atom stereocenters. The van der Waals surface area contributed by atoms with E-state index in [1.807, 2.05) is 26.1 Å². The molecule has 120 valence electrons. The molecule has 1 fully saturated rings. The van der Waals surface area contributed by atoms with Gasteiger partial charge in [0.15, 0.2) is 0 Å². The van der Waals surface area contributed by atoms with Crippen molar-refractivity contribution in [3.63, 3.8) is 0 Å². The topological polar surface area (TPSA) is 54.3 Å². The number of rotatable bonds is 7. The summed E-state index contributed by atoms with van der Waals surface area (Å²) >= 11 is 0. The van der Waals surface area contributed by atoms with Gasteiger partial charge in [-0.2, -0.15) is 4.31 Å². The average Bonchev–Trinajstić information content (AvgIpc) is 3.14. The molecule has 0 radical (unpaired) electrons. The Morgan fingerprint density at radius 2 is 1.95 bits per heavy atom. The van der Waals surface area contributed by atoms with Crippen LogP contribution in [0.5, 0.6) is 0 Å². The SMILES string of the molecule is CC(C)NCc1cc(S(=O)(=O)N(C)C(C)C)cn1C1CC1. The molecule has 1 aliphatic carbocycles. The maximum absolute atomic E-state index is 12.6. The molecule has 1 heterocycles. The highest BCUT2D eigenvalue weighted by Crippen LogP contribution is 2.37. The molecule has 5 nitrogen and oxygen atoms in total. The van der Waals surface area contributed by atoms with Gasteiger partial charge in [0.25, 0.3) is 0 Å². The minimum Gasteiger partial charge on any atom is -0.346 e. The van der Waals surface area contributed by atoms with Crippen LogP contribution in [-0.4, -0.2) is 36.4 Å². The number of nitrogens with zero attached hydrogens (tertiary/aromatic N) is 2. The second-order valence-electron chi connectivity index (χ2n) is 6.46. The summed E-state index contributed by atoms with van der Waals surface area (Å²) in [5, 5.41) is 3.37. The van der Waals surface area contributed by atoms with Gasteiger partial charge in [0.1, 0.15) is 4.90 Å². The predicted molar refractivity (Wildman–Crippen MR) is 84.8 cm³/mol. The van der Waals surface area contributed by atoms with Gasteiger partial charge in [-0.05, 0) is 32.8 Å². The third-order valence-electron chi connectivity index (χ3n) is 3.94. The third kappa shape index (κ3) is 3.67. The molecule has 0 amide bonds. The molecule has 1 aromatic heterocycles. The zero-order valence-electron chi connectivity index (χ0n) is 13.6. The largest absolute Gasteiger partial charge is 0.346 e. The first kappa shape index (κ1) is 16.5. The lowest BCUT2D eigenvalue weighted by Crippen LogP contribution is -2.32. The van der Waals surface area contributed by atoms with Crippen LogP contribution >= 0.6 is 0 Å². The average molecular weight is 313 g/mol. The van der Waals surface area contributed by atoms with Crippen molar-refractivity contribution >= 4 is 10.0 Å². The summed E-state index contributed by atoms with van der Waals surface area (Å²) in [6.45, 7) is 8.66. The van der Waals surface area contributed by atoms with Crippen molar-refractivity contribution in [2.24, 2.45) is 0 Å². The lowest BCUT2D eigenvalue weighted by Gasteiger charge is -2.19. The molecule has 6 heteroatoms. The fraction of sp³-hybridized carbons (Fsp3) is 0.733. The maximum Gasteiger partial charge on any atom is 0.244 e. The zero-order chi connectivity index (χ0) is 15.8. The molecule has 2 rings (SSSR count). The van der Waals surface area contributed by atoms with E-state index in [0.717, 1.165) is 18.5 Å². The molecule has 21 heavy (non-hydrogen) atoms. The molecule has 1 aromatic rings. The highest BCUT2D eigenvalue weighted by atomic mass is 32.2. The van der Waals surface area contributed by atoms with E-state index in [9.17, 15) is 8.42 Å². The lowest BCUT2D eigenvalue weighted by molar-refractivity contribution is 0.410. The van der Waals surface area contributed by atoms with Crippen LogP contribution in [0.4, 0.5) is 0 Å². The van der Waals surface area contributed by atoms with Crippen LogP contribution in [0.1, 0.15) is 52.3 Å². The van der Waals surface area contributed by atoms with Crippen LogP contribution in [0.25, 0.3) is 0 Å². The molecular formula is C15H27N3O2S. The molecule has 1 N–H and O–H groups in total. The van der Waals surface area contributed by atoms with Crippen molar-refractivity contribution in [3.8, 4) is 0 Å². The van der Waals surface area contributed by atoms with Crippen LogP contribution < -0.4 is 5.32 Å². The van der Waals surface area contributed by atoms with Crippen molar-refractivity contribution < 1.29 is 8.42 Å². The molecule has 0 bridgehead atoms. The Hall–Kier alpha value is -0.850. The molecule has 0 spiro atoms. The van der Waals surface area contributed by atoms with E-state index in [0.29, 0.717) is 23.5 Å². The summed E-state index contributed by atoms with van der Waals surface area (Å²) in [6.07, 6.45) is 4.09. The van der Waals surface area contributed by atoms with Gasteiger partial charge in [-0.3, -0.25) is 0 Å². The van der Waals surface area contributed by atoms with Crippen molar-refractivity contribution in [1.82, 2.24) is 14.2 Å². The zero-order valence-corrected chi connectivity index (χ0v) is 14.4. The summed E-state index contributed by atoms with van der Waals surface area (Å²) < 4.78 is 28.8. The molecule has 0 aliphatic heterocycles. The van der Waals surface area contributed by atoms with Gasteiger partial charge >= 0.3 is 0 Å². The number of sulfonamides is 1. The normalized spacial score (nSPS) is 16.4. The molecule has 0 aromatic carbocycles. The first-order chi connectivity index (χ1) is 9.73. The maximum atomic E-state index is 12.6. The van der Waals surface area contributed by atoms with E-state index in [4.69, 9.17) is 0 Å². The lowest BCUT2D eigenvalue weighted by atomic mass is 10.3. The Balaban J connectivity index is 2.30.